The SMILES string of the molecule is CC(Nc1ccc(C#N)cc1)c1c(O)cccc1O. The lowest BCUT2D eigenvalue weighted by Gasteiger charge is -2.18. The molecule has 0 spiro atoms. The van der Waals surface area contributed by atoms with Crippen LogP contribution in [0.15, 0.2) is 42.5 Å². The molecule has 0 fully saturated rings. The van der Waals surface area contributed by atoms with E-state index < -0.39 is 0 Å². The summed E-state index contributed by atoms with van der Waals surface area (Å²) in [6.45, 7) is 1.84. The third kappa shape index (κ3) is 2.78. The first-order chi connectivity index (χ1) is 9.11. The standard InChI is InChI=1S/C15H14N2O2/c1-10(15-13(18)3-2-4-14(15)19)17-12-7-5-11(9-16)6-8-12/h2-8,10,17-19H,1H3. The van der Waals surface area contributed by atoms with Gasteiger partial charge < -0.3 is 15.5 Å². The second kappa shape index (κ2) is 5.32. The van der Waals surface area contributed by atoms with Crippen molar-refractivity contribution in [3.8, 4) is 17.6 Å². The highest BCUT2D eigenvalue weighted by Crippen LogP contribution is 2.33. The Morgan fingerprint density at radius 1 is 1.05 bits per heavy atom. The molecule has 0 saturated carbocycles. The summed E-state index contributed by atoms with van der Waals surface area (Å²) in [5, 5.41) is 31.4. The molecule has 96 valence electrons. The summed E-state index contributed by atoms with van der Waals surface area (Å²) in [6.07, 6.45) is 0. The van der Waals surface area contributed by atoms with Crippen molar-refractivity contribution in [3.05, 3.63) is 53.6 Å². The van der Waals surface area contributed by atoms with E-state index in [4.69, 9.17) is 5.26 Å². The van der Waals surface area contributed by atoms with Gasteiger partial charge in [-0.15, -0.1) is 0 Å². The van der Waals surface area contributed by atoms with Crippen molar-refractivity contribution in [2.75, 3.05) is 5.32 Å². The Hall–Kier alpha value is -2.67. The monoisotopic (exact) mass is 254 g/mol. The summed E-state index contributed by atoms with van der Waals surface area (Å²) in [4.78, 5) is 0. The third-order valence-electron chi connectivity index (χ3n) is 2.89. The van der Waals surface area contributed by atoms with Crippen LogP contribution in [0.3, 0.4) is 0 Å². The second-order valence-electron chi connectivity index (χ2n) is 4.27. The maximum absolute atomic E-state index is 9.78. The largest absolute Gasteiger partial charge is 0.507 e. The molecule has 4 heteroatoms. The number of anilines is 1. The van der Waals surface area contributed by atoms with Gasteiger partial charge in [-0.25, -0.2) is 0 Å². The zero-order valence-corrected chi connectivity index (χ0v) is 10.5. The topological polar surface area (TPSA) is 76.3 Å². The predicted molar refractivity (Wildman–Crippen MR) is 73.0 cm³/mol. The van der Waals surface area contributed by atoms with Gasteiger partial charge >= 0.3 is 0 Å². The Morgan fingerprint density at radius 2 is 1.63 bits per heavy atom. The average Bonchev–Trinajstić information content (AvgIpc) is 2.39. The maximum Gasteiger partial charge on any atom is 0.124 e. The Bertz CT molecular complexity index is 595. The molecule has 4 nitrogen and oxygen atoms in total. The summed E-state index contributed by atoms with van der Waals surface area (Å²) < 4.78 is 0. The van der Waals surface area contributed by atoms with Crippen molar-refractivity contribution >= 4 is 5.69 Å². The van der Waals surface area contributed by atoms with Gasteiger partial charge in [0, 0.05) is 5.69 Å². The first-order valence-electron chi connectivity index (χ1n) is 5.89. The summed E-state index contributed by atoms with van der Waals surface area (Å²) in [7, 11) is 0. The molecule has 2 rings (SSSR count). The highest BCUT2D eigenvalue weighted by Gasteiger charge is 2.14. The third-order valence-corrected chi connectivity index (χ3v) is 2.89. The fourth-order valence-electron chi connectivity index (χ4n) is 1.95. The van der Waals surface area contributed by atoms with Crippen molar-refractivity contribution < 1.29 is 10.2 Å². The molecule has 0 heterocycles. The van der Waals surface area contributed by atoms with Crippen LogP contribution in [0, 0.1) is 11.3 Å². The zero-order chi connectivity index (χ0) is 13.8. The van der Waals surface area contributed by atoms with E-state index in [1.165, 1.54) is 12.1 Å². The van der Waals surface area contributed by atoms with E-state index in [2.05, 4.69) is 5.32 Å². The molecule has 2 aromatic rings. The van der Waals surface area contributed by atoms with Crippen molar-refractivity contribution in [1.82, 2.24) is 0 Å². The molecule has 2 aromatic carbocycles. The number of nitrogens with zero attached hydrogens (tertiary/aromatic N) is 1. The molecule has 0 aromatic heterocycles. The quantitative estimate of drug-likeness (QED) is 0.786. The van der Waals surface area contributed by atoms with Crippen LogP contribution in [-0.2, 0) is 0 Å². The molecule has 1 unspecified atom stereocenters. The zero-order valence-electron chi connectivity index (χ0n) is 10.5. The highest BCUT2D eigenvalue weighted by molar-refractivity contribution is 5.52. The molecular formula is C15H14N2O2. The van der Waals surface area contributed by atoms with Gasteiger partial charge in [0.1, 0.15) is 11.5 Å². The lowest BCUT2D eigenvalue weighted by Crippen LogP contribution is -2.07. The molecule has 0 bridgehead atoms. The van der Waals surface area contributed by atoms with Crippen LogP contribution in [0.25, 0.3) is 0 Å². The summed E-state index contributed by atoms with van der Waals surface area (Å²) >= 11 is 0. The predicted octanol–water partition coefficient (Wildman–Crippen LogP) is 3.14. The minimum absolute atomic E-state index is 0.0497. The number of nitriles is 1. The number of benzene rings is 2. The summed E-state index contributed by atoms with van der Waals surface area (Å²) in [6, 6.07) is 13.4. The first kappa shape index (κ1) is 12.8. The Balaban J connectivity index is 2.21. The van der Waals surface area contributed by atoms with E-state index in [1.54, 1.807) is 30.3 Å². The van der Waals surface area contributed by atoms with E-state index in [0.717, 1.165) is 5.69 Å². The van der Waals surface area contributed by atoms with Crippen LogP contribution >= 0.6 is 0 Å². The Kier molecular flexibility index (Phi) is 3.58. The normalized spacial score (nSPS) is 11.6. The van der Waals surface area contributed by atoms with Gasteiger partial charge in [0.25, 0.3) is 0 Å². The molecule has 0 radical (unpaired) electrons. The summed E-state index contributed by atoms with van der Waals surface area (Å²) in [5.74, 6) is 0.0993. The first-order valence-corrected chi connectivity index (χ1v) is 5.89. The van der Waals surface area contributed by atoms with Gasteiger partial charge in [-0.05, 0) is 43.3 Å². The van der Waals surface area contributed by atoms with Gasteiger partial charge in [-0.1, -0.05) is 6.07 Å². The van der Waals surface area contributed by atoms with Crippen molar-refractivity contribution in [3.63, 3.8) is 0 Å². The smallest absolute Gasteiger partial charge is 0.124 e. The number of phenols is 2. The van der Waals surface area contributed by atoms with Gasteiger partial charge in [-0.3, -0.25) is 0 Å². The maximum atomic E-state index is 9.78. The molecule has 3 N–H and O–H groups in total. The highest BCUT2D eigenvalue weighted by atomic mass is 16.3. The van der Waals surface area contributed by atoms with Crippen molar-refractivity contribution in [1.29, 1.82) is 5.26 Å². The van der Waals surface area contributed by atoms with Crippen LogP contribution in [0.5, 0.6) is 11.5 Å². The number of nitrogens with one attached hydrogen (secondary N) is 1. The van der Waals surface area contributed by atoms with Gasteiger partial charge in [0.15, 0.2) is 0 Å². The van der Waals surface area contributed by atoms with Crippen LogP contribution in [-0.4, -0.2) is 10.2 Å². The number of aromatic hydroxyl groups is 2. The van der Waals surface area contributed by atoms with Crippen molar-refractivity contribution in [2.24, 2.45) is 0 Å². The van der Waals surface area contributed by atoms with Crippen LogP contribution in [0.4, 0.5) is 5.69 Å². The average molecular weight is 254 g/mol. The number of phenolic OH excluding ortho intramolecular Hbond substituents is 2. The van der Waals surface area contributed by atoms with E-state index in [1.807, 2.05) is 13.0 Å². The molecule has 19 heavy (non-hydrogen) atoms. The molecule has 0 saturated heterocycles. The molecule has 0 amide bonds. The lowest BCUT2D eigenvalue weighted by atomic mass is 10.1. The lowest BCUT2D eigenvalue weighted by molar-refractivity contribution is 0.434. The van der Waals surface area contributed by atoms with E-state index in [9.17, 15) is 10.2 Å². The number of rotatable bonds is 3. The number of hydrogen-bond donors (Lipinski definition) is 3. The fourth-order valence-corrected chi connectivity index (χ4v) is 1.95. The molecule has 1 atom stereocenters. The summed E-state index contributed by atoms with van der Waals surface area (Å²) in [5.41, 5.74) is 1.85. The minimum Gasteiger partial charge on any atom is -0.507 e. The van der Waals surface area contributed by atoms with Crippen LogP contribution in [0.1, 0.15) is 24.1 Å². The molecular weight excluding hydrogens is 240 g/mol. The second-order valence-corrected chi connectivity index (χ2v) is 4.27. The van der Waals surface area contributed by atoms with Gasteiger partial charge in [-0.2, -0.15) is 5.26 Å². The van der Waals surface area contributed by atoms with Gasteiger partial charge in [0.05, 0.1) is 23.2 Å². The Labute approximate surface area is 111 Å². The Morgan fingerprint density at radius 3 is 2.16 bits per heavy atom. The van der Waals surface area contributed by atoms with E-state index >= 15 is 0 Å². The number of hydrogen-bond acceptors (Lipinski definition) is 4. The van der Waals surface area contributed by atoms with Crippen molar-refractivity contribution in [2.45, 2.75) is 13.0 Å². The van der Waals surface area contributed by atoms with Crippen LogP contribution < -0.4 is 5.32 Å². The van der Waals surface area contributed by atoms with Crippen LogP contribution in [0.2, 0.25) is 0 Å². The fraction of sp³-hybridized carbons (Fsp3) is 0.133. The van der Waals surface area contributed by atoms with E-state index in [0.29, 0.717) is 11.1 Å². The molecule has 0 aliphatic heterocycles. The molecule has 0 aliphatic carbocycles. The van der Waals surface area contributed by atoms with Gasteiger partial charge in [0.2, 0.25) is 0 Å². The minimum atomic E-state index is -0.255. The van der Waals surface area contributed by atoms with E-state index in [-0.39, 0.29) is 17.5 Å². The molecule has 0 aliphatic rings.